The highest BCUT2D eigenvalue weighted by molar-refractivity contribution is 6.04. The molecule has 0 bridgehead atoms. The van der Waals surface area contributed by atoms with Crippen LogP contribution < -0.4 is 10.1 Å². The summed E-state index contributed by atoms with van der Waals surface area (Å²) in [5.41, 5.74) is 5.19. The lowest BCUT2D eigenvalue weighted by molar-refractivity contribution is 0.420. The van der Waals surface area contributed by atoms with Crippen LogP contribution >= 0.6 is 0 Å². The zero-order valence-corrected chi connectivity index (χ0v) is 16.2. The summed E-state index contributed by atoms with van der Waals surface area (Å²) in [6, 6.07) is 16.5. The monoisotopic (exact) mass is 370 g/mol. The second kappa shape index (κ2) is 7.64. The predicted octanol–water partition coefficient (Wildman–Crippen LogP) is 4.97. The van der Waals surface area contributed by atoms with Crippen molar-refractivity contribution in [1.29, 1.82) is 0 Å². The smallest absolute Gasteiger partial charge is 0.163 e. The average molecular weight is 370 g/mol. The van der Waals surface area contributed by atoms with Crippen molar-refractivity contribution in [3.05, 3.63) is 66.5 Å². The minimum atomic E-state index is 0.631. The molecule has 0 saturated carbocycles. The summed E-state index contributed by atoms with van der Waals surface area (Å²) in [7, 11) is 3.53. The van der Waals surface area contributed by atoms with Crippen molar-refractivity contribution in [3.63, 3.8) is 0 Å². The molecule has 2 aromatic heterocycles. The van der Waals surface area contributed by atoms with E-state index in [1.54, 1.807) is 19.5 Å². The Morgan fingerprint density at radius 3 is 2.57 bits per heavy atom. The van der Waals surface area contributed by atoms with Crippen LogP contribution in [0.3, 0.4) is 0 Å². The molecule has 0 atom stereocenters. The standard InChI is InChI=1S/C23H22N4O/c1-4-15-7-5-8-16(13-15)18-10-11-19(28-3)20-21(18)26-22(27-23(20)24-2)17-9-6-12-25-14-17/h5-14H,4H2,1-3H3,(H,24,26,27). The number of hydrogen-bond acceptors (Lipinski definition) is 5. The largest absolute Gasteiger partial charge is 0.496 e. The van der Waals surface area contributed by atoms with Gasteiger partial charge in [-0.15, -0.1) is 0 Å². The van der Waals surface area contributed by atoms with Gasteiger partial charge in [0.1, 0.15) is 11.6 Å². The van der Waals surface area contributed by atoms with E-state index in [0.717, 1.165) is 45.6 Å². The number of nitrogens with one attached hydrogen (secondary N) is 1. The molecular weight excluding hydrogens is 348 g/mol. The lowest BCUT2D eigenvalue weighted by atomic mass is 9.99. The van der Waals surface area contributed by atoms with Crippen LogP contribution in [0.5, 0.6) is 5.75 Å². The zero-order valence-electron chi connectivity index (χ0n) is 16.2. The summed E-state index contributed by atoms with van der Waals surface area (Å²) < 4.78 is 5.62. The highest BCUT2D eigenvalue weighted by Gasteiger charge is 2.17. The first-order valence-electron chi connectivity index (χ1n) is 9.31. The lowest BCUT2D eigenvalue weighted by Crippen LogP contribution is -2.02. The Bertz CT molecular complexity index is 1130. The van der Waals surface area contributed by atoms with Crippen LogP contribution in [0.15, 0.2) is 60.9 Å². The average Bonchev–Trinajstić information content (AvgIpc) is 2.78. The molecular formula is C23H22N4O. The molecule has 4 rings (SSSR count). The van der Waals surface area contributed by atoms with Gasteiger partial charge in [0.05, 0.1) is 18.0 Å². The topological polar surface area (TPSA) is 59.9 Å². The molecule has 1 N–H and O–H groups in total. The van der Waals surface area contributed by atoms with E-state index in [-0.39, 0.29) is 0 Å². The van der Waals surface area contributed by atoms with Crippen LogP contribution in [0.25, 0.3) is 33.4 Å². The Balaban J connectivity index is 2.05. The number of pyridine rings is 1. The quantitative estimate of drug-likeness (QED) is 0.537. The van der Waals surface area contributed by atoms with E-state index in [1.165, 1.54) is 5.56 Å². The molecule has 0 aliphatic heterocycles. The van der Waals surface area contributed by atoms with Crippen molar-refractivity contribution in [3.8, 4) is 28.3 Å². The van der Waals surface area contributed by atoms with Gasteiger partial charge in [-0.1, -0.05) is 31.2 Å². The SMILES string of the molecule is CCc1cccc(-c2ccc(OC)c3c(NC)nc(-c4cccnc4)nc23)c1. The summed E-state index contributed by atoms with van der Waals surface area (Å²) in [6.45, 7) is 2.16. The molecule has 0 radical (unpaired) electrons. The molecule has 0 amide bonds. The minimum Gasteiger partial charge on any atom is -0.496 e. The van der Waals surface area contributed by atoms with Gasteiger partial charge in [0.2, 0.25) is 0 Å². The first kappa shape index (κ1) is 17.9. The van der Waals surface area contributed by atoms with Crippen LogP contribution in [0, 0.1) is 0 Å². The van der Waals surface area contributed by atoms with Crippen molar-refractivity contribution >= 4 is 16.7 Å². The van der Waals surface area contributed by atoms with Gasteiger partial charge in [-0.05, 0) is 41.8 Å². The molecule has 0 aliphatic carbocycles. The molecule has 0 fully saturated rings. The van der Waals surface area contributed by atoms with Gasteiger partial charge in [-0.3, -0.25) is 4.98 Å². The van der Waals surface area contributed by atoms with Crippen molar-refractivity contribution in [2.45, 2.75) is 13.3 Å². The molecule has 5 nitrogen and oxygen atoms in total. The molecule has 0 spiro atoms. The zero-order chi connectivity index (χ0) is 19.5. The highest BCUT2D eigenvalue weighted by atomic mass is 16.5. The number of hydrogen-bond donors (Lipinski definition) is 1. The third-order valence-electron chi connectivity index (χ3n) is 4.83. The number of nitrogens with zero attached hydrogens (tertiary/aromatic N) is 3. The van der Waals surface area contributed by atoms with E-state index in [2.05, 4.69) is 47.6 Å². The highest BCUT2D eigenvalue weighted by Crippen LogP contribution is 2.38. The summed E-state index contributed by atoms with van der Waals surface area (Å²) in [5, 5.41) is 4.08. The number of fused-ring (bicyclic) bond motifs is 1. The van der Waals surface area contributed by atoms with E-state index in [1.807, 2.05) is 25.2 Å². The Kier molecular flexibility index (Phi) is 4.89. The Hall–Kier alpha value is -3.47. The molecule has 28 heavy (non-hydrogen) atoms. The maximum Gasteiger partial charge on any atom is 0.163 e. The van der Waals surface area contributed by atoms with Gasteiger partial charge in [0, 0.05) is 30.6 Å². The van der Waals surface area contributed by atoms with Crippen LogP contribution in [0.4, 0.5) is 5.82 Å². The Morgan fingerprint density at radius 1 is 1.00 bits per heavy atom. The fraction of sp³-hybridized carbons (Fsp3) is 0.174. The third-order valence-corrected chi connectivity index (χ3v) is 4.83. The molecule has 0 aliphatic rings. The first-order chi connectivity index (χ1) is 13.7. The number of methoxy groups -OCH3 is 1. The van der Waals surface area contributed by atoms with Crippen molar-refractivity contribution in [2.75, 3.05) is 19.5 Å². The molecule has 0 saturated heterocycles. The van der Waals surface area contributed by atoms with Crippen LogP contribution in [0.2, 0.25) is 0 Å². The number of aromatic nitrogens is 3. The fourth-order valence-corrected chi connectivity index (χ4v) is 3.38. The van der Waals surface area contributed by atoms with Crippen molar-refractivity contribution in [2.24, 2.45) is 0 Å². The number of ether oxygens (including phenoxy) is 1. The van der Waals surface area contributed by atoms with Gasteiger partial charge in [0.25, 0.3) is 0 Å². The van der Waals surface area contributed by atoms with Gasteiger partial charge in [-0.2, -0.15) is 0 Å². The Morgan fingerprint density at radius 2 is 1.86 bits per heavy atom. The van der Waals surface area contributed by atoms with Crippen LogP contribution in [-0.4, -0.2) is 29.1 Å². The number of aryl methyl sites for hydroxylation is 1. The predicted molar refractivity (Wildman–Crippen MR) is 114 cm³/mol. The normalized spacial score (nSPS) is 10.8. The molecule has 2 aromatic carbocycles. The number of anilines is 1. The van der Waals surface area contributed by atoms with E-state index < -0.39 is 0 Å². The van der Waals surface area contributed by atoms with Gasteiger partial charge >= 0.3 is 0 Å². The number of benzene rings is 2. The molecule has 140 valence electrons. The molecule has 4 aromatic rings. The van der Waals surface area contributed by atoms with Crippen LogP contribution in [0.1, 0.15) is 12.5 Å². The van der Waals surface area contributed by atoms with Gasteiger partial charge in [0.15, 0.2) is 5.82 Å². The minimum absolute atomic E-state index is 0.631. The molecule has 2 heterocycles. The van der Waals surface area contributed by atoms with E-state index in [4.69, 9.17) is 14.7 Å². The van der Waals surface area contributed by atoms with Gasteiger partial charge in [-0.25, -0.2) is 9.97 Å². The van der Waals surface area contributed by atoms with E-state index in [9.17, 15) is 0 Å². The summed E-state index contributed by atoms with van der Waals surface area (Å²) in [6.07, 6.45) is 4.51. The second-order valence-electron chi connectivity index (χ2n) is 6.48. The van der Waals surface area contributed by atoms with Crippen LogP contribution in [-0.2, 0) is 6.42 Å². The summed E-state index contributed by atoms with van der Waals surface area (Å²) >= 11 is 0. The maximum absolute atomic E-state index is 5.62. The third kappa shape index (κ3) is 3.16. The maximum atomic E-state index is 5.62. The van der Waals surface area contributed by atoms with Crippen molar-refractivity contribution in [1.82, 2.24) is 15.0 Å². The van der Waals surface area contributed by atoms with Crippen molar-refractivity contribution < 1.29 is 4.74 Å². The summed E-state index contributed by atoms with van der Waals surface area (Å²) in [5.74, 6) is 2.10. The van der Waals surface area contributed by atoms with Gasteiger partial charge < -0.3 is 10.1 Å². The Labute approximate surface area is 164 Å². The second-order valence-corrected chi connectivity index (χ2v) is 6.48. The van der Waals surface area contributed by atoms with E-state index in [0.29, 0.717) is 5.82 Å². The lowest BCUT2D eigenvalue weighted by Gasteiger charge is -2.15. The summed E-state index contributed by atoms with van der Waals surface area (Å²) in [4.78, 5) is 13.9. The van der Waals surface area contributed by atoms with E-state index >= 15 is 0 Å². The molecule has 5 heteroatoms. The number of rotatable bonds is 5. The first-order valence-corrected chi connectivity index (χ1v) is 9.31. The molecule has 0 unspecified atom stereocenters. The fourth-order valence-electron chi connectivity index (χ4n) is 3.38.